The maximum atomic E-state index is 11.3. The van der Waals surface area contributed by atoms with Crippen LogP contribution in [0, 0.1) is 0 Å². The van der Waals surface area contributed by atoms with E-state index in [0.29, 0.717) is 16.5 Å². The fourth-order valence-corrected chi connectivity index (χ4v) is 2.13. The van der Waals surface area contributed by atoms with Gasteiger partial charge in [-0.3, -0.25) is 9.79 Å². The number of hydrogen-bond acceptors (Lipinski definition) is 3. The Morgan fingerprint density at radius 2 is 1.82 bits per heavy atom. The topological polar surface area (TPSA) is 50.7 Å². The van der Waals surface area contributed by atoms with Crippen LogP contribution in [0.25, 0.3) is 0 Å². The Bertz CT molecular complexity index is 709. The largest absolute Gasteiger partial charge is 0.495 e. The standard InChI is InChI=1S/C17H17ClN2O2/c1-11(13-4-6-14(18)7-5-13)19-15-8-9-17(22-3)16(10-15)20-12(2)21/h4-10H,1-3H3,(H,20,21). The van der Waals surface area contributed by atoms with Crippen molar-refractivity contribution in [2.24, 2.45) is 4.99 Å². The molecule has 1 N–H and O–H groups in total. The van der Waals surface area contributed by atoms with Gasteiger partial charge in [0.25, 0.3) is 0 Å². The molecule has 0 saturated carbocycles. The predicted molar refractivity (Wildman–Crippen MR) is 90.6 cm³/mol. The van der Waals surface area contributed by atoms with Crippen molar-refractivity contribution < 1.29 is 9.53 Å². The van der Waals surface area contributed by atoms with Crippen LogP contribution in [0.1, 0.15) is 19.4 Å². The van der Waals surface area contributed by atoms with Crippen LogP contribution < -0.4 is 10.1 Å². The van der Waals surface area contributed by atoms with Crippen molar-refractivity contribution in [2.45, 2.75) is 13.8 Å². The minimum Gasteiger partial charge on any atom is -0.495 e. The number of anilines is 1. The summed E-state index contributed by atoms with van der Waals surface area (Å²) in [7, 11) is 1.56. The molecule has 0 fully saturated rings. The first kappa shape index (κ1) is 16.0. The van der Waals surface area contributed by atoms with Gasteiger partial charge in [0.05, 0.1) is 18.5 Å². The number of carbonyl (C=O) groups is 1. The zero-order valence-corrected chi connectivity index (χ0v) is 13.4. The third-order valence-electron chi connectivity index (χ3n) is 3.05. The van der Waals surface area contributed by atoms with E-state index in [9.17, 15) is 4.79 Å². The van der Waals surface area contributed by atoms with Crippen molar-refractivity contribution in [3.8, 4) is 5.75 Å². The van der Waals surface area contributed by atoms with Crippen molar-refractivity contribution in [1.82, 2.24) is 0 Å². The summed E-state index contributed by atoms with van der Waals surface area (Å²) >= 11 is 5.89. The summed E-state index contributed by atoms with van der Waals surface area (Å²) in [6.45, 7) is 3.37. The Morgan fingerprint density at radius 1 is 1.14 bits per heavy atom. The van der Waals surface area contributed by atoms with Crippen LogP contribution in [0.3, 0.4) is 0 Å². The number of ether oxygens (including phenoxy) is 1. The lowest BCUT2D eigenvalue weighted by molar-refractivity contribution is -0.114. The summed E-state index contributed by atoms with van der Waals surface area (Å²) in [5, 5.41) is 3.42. The maximum Gasteiger partial charge on any atom is 0.221 e. The van der Waals surface area contributed by atoms with Crippen LogP contribution >= 0.6 is 11.6 Å². The lowest BCUT2D eigenvalue weighted by atomic mass is 10.1. The minimum absolute atomic E-state index is 0.158. The molecule has 0 heterocycles. The Balaban J connectivity index is 2.33. The molecule has 2 rings (SSSR count). The van der Waals surface area contributed by atoms with Gasteiger partial charge in [-0.05, 0) is 42.8 Å². The van der Waals surface area contributed by atoms with Crippen molar-refractivity contribution >= 4 is 34.6 Å². The van der Waals surface area contributed by atoms with Crippen molar-refractivity contribution in [3.05, 3.63) is 53.1 Å². The van der Waals surface area contributed by atoms with Gasteiger partial charge in [0.2, 0.25) is 5.91 Å². The maximum absolute atomic E-state index is 11.3. The Hall–Kier alpha value is -2.33. The molecule has 5 heteroatoms. The molecular formula is C17H17ClN2O2. The second-order valence-corrected chi connectivity index (χ2v) is 5.21. The van der Waals surface area contributed by atoms with Gasteiger partial charge in [0, 0.05) is 17.7 Å². The van der Waals surface area contributed by atoms with E-state index in [0.717, 1.165) is 17.0 Å². The third-order valence-corrected chi connectivity index (χ3v) is 3.30. The molecule has 4 nitrogen and oxygen atoms in total. The summed E-state index contributed by atoms with van der Waals surface area (Å²) in [6, 6.07) is 12.9. The highest BCUT2D eigenvalue weighted by Gasteiger charge is 2.06. The van der Waals surface area contributed by atoms with Gasteiger partial charge in [0.15, 0.2) is 0 Å². The van der Waals surface area contributed by atoms with Gasteiger partial charge in [-0.15, -0.1) is 0 Å². The molecule has 114 valence electrons. The molecule has 0 aliphatic heterocycles. The molecular weight excluding hydrogens is 300 g/mol. The van der Waals surface area contributed by atoms with Crippen LogP contribution in [-0.2, 0) is 4.79 Å². The number of rotatable bonds is 4. The molecule has 0 spiro atoms. The Kier molecular flexibility index (Phi) is 5.17. The number of amides is 1. The van der Waals surface area contributed by atoms with E-state index in [4.69, 9.17) is 16.3 Å². The highest BCUT2D eigenvalue weighted by atomic mass is 35.5. The molecule has 22 heavy (non-hydrogen) atoms. The first-order valence-corrected chi connectivity index (χ1v) is 7.14. The molecule has 0 unspecified atom stereocenters. The number of methoxy groups -OCH3 is 1. The molecule has 2 aromatic rings. The van der Waals surface area contributed by atoms with Gasteiger partial charge in [-0.25, -0.2) is 0 Å². The molecule has 0 saturated heterocycles. The molecule has 0 atom stereocenters. The molecule has 0 aromatic heterocycles. The highest BCUT2D eigenvalue weighted by molar-refractivity contribution is 6.30. The monoisotopic (exact) mass is 316 g/mol. The van der Waals surface area contributed by atoms with E-state index in [1.165, 1.54) is 6.92 Å². The van der Waals surface area contributed by atoms with E-state index in [1.54, 1.807) is 19.2 Å². The van der Waals surface area contributed by atoms with Crippen molar-refractivity contribution in [1.29, 1.82) is 0 Å². The van der Waals surface area contributed by atoms with Gasteiger partial charge in [0.1, 0.15) is 5.75 Å². The molecule has 2 aromatic carbocycles. The fraction of sp³-hybridized carbons (Fsp3) is 0.176. The number of nitrogens with one attached hydrogen (secondary N) is 1. The quantitative estimate of drug-likeness (QED) is 0.847. The molecule has 0 bridgehead atoms. The smallest absolute Gasteiger partial charge is 0.221 e. The summed E-state index contributed by atoms with van der Waals surface area (Å²) in [6.07, 6.45) is 0. The highest BCUT2D eigenvalue weighted by Crippen LogP contribution is 2.29. The van der Waals surface area contributed by atoms with E-state index >= 15 is 0 Å². The third kappa shape index (κ3) is 4.09. The lowest BCUT2D eigenvalue weighted by Crippen LogP contribution is -2.07. The van der Waals surface area contributed by atoms with Crippen LogP contribution in [0.2, 0.25) is 5.02 Å². The summed E-state index contributed by atoms with van der Waals surface area (Å²) in [4.78, 5) is 15.8. The fourth-order valence-electron chi connectivity index (χ4n) is 2.00. The van der Waals surface area contributed by atoms with Gasteiger partial charge < -0.3 is 10.1 Å². The predicted octanol–water partition coefficient (Wildman–Crippen LogP) is 4.45. The number of nitrogens with zero attached hydrogens (tertiary/aromatic N) is 1. The average Bonchev–Trinajstić information content (AvgIpc) is 2.47. The number of hydrogen-bond donors (Lipinski definition) is 1. The van der Waals surface area contributed by atoms with Gasteiger partial charge >= 0.3 is 0 Å². The Labute approximate surface area is 134 Å². The van der Waals surface area contributed by atoms with Gasteiger partial charge in [-0.2, -0.15) is 0 Å². The van der Waals surface area contributed by atoms with Crippen LogP contribution in [0.5, 0.6) is 5.75 Å². The summed E-state index contributed by atoms with van der Waals surface area (Å²) in [5.74, 6) is 0.437. The van der Waals surface area contributed by atoms with Crippen LogP contribution in [0.15, 0.2) is 47.5 Å². The minimum atomic E-state index is -0.158. The van der Waals surface area contributed by atoms with Gasteiger partial charge in [-0.1, -0.05) is 23.7 Å². The molecule has 0 radical (unpaired) electrons. The molecule has 0 aliphatic rings. The number of carbonyl (C=O) groups excluding carboxylic acids is 1. The molecule has 1 amide bonds. The van der Waals surface area contributed by atoms with Crippen LogP contribution in [0.4, 0.5) is 11.4 Å². The normalized spacial score (nSPS) is 11.2. The first-order valence-electron chi connectivity index (χ1n) is 6.76. The Morgan fingerprint density at radius 3 is 2.41 bits per heavy atom. The summed E-state index contributed by atoms with van der Waals surface area (Å²) < 4.78 is 5.23. The second-order valence-electron chi connectivity index (χ2n) is 4.77. The SMILES string of the molecule is COc1ccc(N=C(C)c2ccc(Cl)cc2)cc1NC(C)=O. The molecule has 0 aliphatic carbocycles. The van der Waals surface area contributed by atoms with Crippen molar-refractivity contribution in [2.75, 3.05) is 12.4 Å². The van der Waals surface area contributed by atoms with E-state index in [1.807, 2.05) is 37.3 Å². The number of aliphatic imine (C=N–C) groups is 1. The zero-order valence-electron chi connectivity index (χ0n) is 12.7. The lowest BCUT2D eigenvalue weighted by Gasteiger charge is -2.10. The average molecular weight is 317 g/mol. The van der Waals surface area contributed by atoms with E-state index in [-0.39, 0.29) is 5.91 Å². The summed E-state index contributed by atoms with van der Waals surface area (Å²) in [5.41, 5.74) is 3.18. The van der Waals surface area contributed by atoms with Crippen LogP contribution in [-0.4, -0.2) is 18.7 Å². The zero-order chi connectivity index (χ0) is 16.1. The number of benzene rings is 2. The van der Waals surface area contributed by atoms with E-state index < -0.39 is 0 Å². The van der Waals surface area contributed by atoms with E-state index in [2.05, 4.69) is 10.3 Å². The number of halogens is 1. The van der Waals surface area contributed by atoms with Crippen molar-refractivity contribution in [3.63, 3.8) is 0 Å². The first-order chi connectivity index (χ1) is 10.5. The second kappa shape index (κ2) is 7.09.